The molecule has 23 heavy (non-hydrogen) atoms. The topological polar surface area (TPSA) is 37.7 Å². The van der Waals surface area contributed by atoms with E-state index in [1.165, 1.54) is 10.5 Å². The molecule has 0 spiro atoms. The van der Waals surface area contributed by atoms with E-state index in [0.29, 0.717) is 12.5 Å². The van der Waals surface area contributed by atoms with Crippen LogP contribution in [0.15, 0.2) is 46.3 Å². The van der Waals surface area contributed by atoms with E-state index >= 15 is 0 Å². The number of aryl methyl sites for hydroxylation is 1. The van der Waals surface area contributed by atoms with Gasteiger partial charge in [0.1, 0.15) is 6.61 Å². The number of hydrogen-bond donors (Lipinski definition) is 0. The number of thioether (sulfide) groups is 1. The maximum absolute atomic E-state index is 5.83. The number of rotatable bonds is 7. The number of aliphatic imine (C=N–C) groups is 1. The zero-order valence-corrected chi connectivity index (χ0v) is 14.9. The molecule has 0 N–H and O–H groups in total. The molecule has 0 bridgehead atoms. The Bertz CT molecular complexity index is 673. The Labute approximate surface area is 142 Å². The van der Waals surface area contributed by atoms with Crippen molar-refractivity contribution in [3.05, 3.63) is 47.7 Å². The second-order valence-corrected chi connectivity index (χ2v) is 6.02. The fourth-order valence-corrected chi connectivity index (χ4v) is 2.57. The van der Waals surface area contributed by atoms with Crippen molar-refractivity contribution < 1.29 is 4.74 Å². The van der Waals surface area contributed by atoms with Crippen LogP contribution in [0.4, 0.5) is 5.69 Å². The van der Waals surface area contributed by atoms with E-state index < -0.39 is 0 Å². The Balaban J connectivity index is 2.04. The van der Waals surface area contributed by atoms with Gasteiger partial charge in [-0.15, -0.1) is 11.8 Å². The molecule has 0 aliphatic rings. The molecule has 0 unspecified atom stereocenters. The highest BCUT2D eigenvalue weighted by atomic mass is 32.2. The number of pyridine rings is 1. The molecule has 0 fully saturated rings. The van der Waals surface area contributed by atoms with Crippen LogP contribution in [0.3, 0.4) is 0 Å². The predicted molar refractivity (Wildman–Crippen MR) is 98.0 cm³/mol. The standard InChI is InChI=1S/C18H23N3OS/c1-5-21(3)13-19-16-10-11-18(20-14(16)2)22-12-15-8-6-7-9-17(15)23-4/h6-11,13H,5,12H2,1-4H3. The quantitative estimate of drug-likeness (QED) is 0.431. The summed E-state index contributed by atoms with van der Waals surface area (Å²) >= 11 is 1.72. The van der Waals surface area contributed by atoms with E-state index in [9.17, 15) is 0 Å². The third kappa shape index (κ3) is 4.99. The Morgan fingerprint density at radius 2 is 2.04 bits per heavy atom. The number of benzene rings is 1. The molecule has 0 saturated heterocycles. The van der Waals surface area contributed by atoms with Crippen LogP contribution in [0.5, 0.6) is 5.88 Å². The number of ether oxygens (including phenoxy) is 1. The molecule has 0 atom stereocenters. The fraction of sp³-hybridized carbons (Fsp3) is 0.333. The van der Waals surface area contributed by atoms with Gasteiger partial charge in [-0.1, -0.05) is 18.2 Å². The van der Waals surface area contributed by atoms with Gasteiger partial charge in [0.25, 0.3) is 0 Å². The molecule has 1 aromatic heterocycles. The van der Waals surface area contributed by atoms with Crippen molar-refractivity contribution in [2.75, 3.05) is 19.8 Å². The van der Waals surface area contributed by atoms with Crippen molar-refractivity contribution in [3.63, 3.8) is 0 Å². The molecule has 0 aliphatic heterocycles. The molecule has 2 aromatic rings. The lowest BCUT2D eigenvalue weighted by Crippen LogP contribution is -2.14. The van der Waals surface area contributed by atoms with Gasteiger partial charge in [0.2, 0.25) is 5.88 Å². The molecule has 1 aromatic carbocycles. The summed E-state index contributed by atoms with van der Waals surface area (Å²) in [6.07, 6.45) is 3.89. The normalized spacial score (nSPS) is 11.0. The molecule has 4 nitrogen and oxygen atoms in total. The molecule has 0 saturated carbocycles. The van der Waals surface area contributed by atoms with Gasteiger partial charge in [-0.3, -0.25) is 0 Å². The van der Waals surface area contributed by atoms with Crippen molar-refractivity contribution in [2.24, 2.45) is 4.99 Å². The first-order chi connectivity index (χ1) is 11.1. The molecule has 0 aliphatic carbocycles. The van der Waals surface area contributed by atoms with E-state index in [2.05, 4.69) is 35.3 Å². The van der Waals surface area contributed by atoms with Crippen molar-refractivity contribution in [2.45, 2.75) is 25.3 Å². The first kappa shape index (κ1) is 17.3. The minimum atomic E-state index is 0.518. The Morgan fingerprint density at radius 1 is 1.26 bits per heavy atom. The summed E-state index contributed by atoms with van der Waals surface area (Å²) in [5, 5.41) is 0. The minimum Gasteiger partial charge on any atom is -0.473 e. The molecular formula is C18H23N3OS. The Hall–Kier alpha value is -2.01. The van der Waals surface area contributed by atoms with Gasteiger partial charge in [0.15, 0.2) is 0 Å². The van der Waals surface area contributed by atoms with E-state index in [1.807, 2.05) is 49.5 Å². The summed E-state index contributed by atoms with van der Waals surface area (Å²) in [5.74, 6) is 0.626. The van der Waals surface area contributed by atoms with Gasteiger partial charge in [0.05, 0.1) is 17.7 Å². The lowest BCUT2D eigenvalue weighted by atomic mass is 10.2. The van der Waals surface area contributed by atoms with Crippen molar-refractivity contribution in [3.8, 4) is 5.88 Å². The number of nitrogens with zero attached hydrogens (tertiary/aromatic N) is 3. The summed E-state index contributed by atoms with van der Waals surface area (Å²) in [6.45, 7) is 5.47. The summed E-state index contributed by atoms with van der Waals surface area (Å²) in [7, 11) is 1.99. The number of aromatic nitrogens is 1. The highest BCUT2D eigenvalue weighted by Crippen LogP contribution is 2.23. The molecule has 5 heteroatoms. The van der Waals surface area contributed by atoms with E-state index in [-0.39, 0.29) is 0 Å². The zero-order valence-electron chi connectivity index (χ0n) is 14.1. The van der Waals surface area contributed by atoms with Crippen molar-refractivity contribution in [1.82, 2.24) is 9.88 Å². The first-order valence-corrected chi connectivity index (χ1v) is 8.83. The van der Waals surface area contributed by atoms with Gasteiger partial charge >= 0.3 is 0 Å². The molecule has 1 heterocycles. The van der Waals surface area contributed by atoms with Crippen LogP contribution in [-0.2, 0) is 6.61 Å². The smallest absolute Gasteiger partial charge is 0.213 e. The van der Waals surface area contributed by atoms with Crippen LogP contribution in [0.1, 0.15) is 18.2 Å². The van der Waals surface area contributed by atoms with Gasteiger partial charge in [-0.05, 0) is 32.2 Å². The maximum atomic E-state index is 5.83. The predicted octanol–water partition coefficient (Wildman–Crippen LogP) is 4.30. The van der Waals surface area contributed by atoms with Crippen LogP contribution in [0.25, 0.3) is 0 Å². The van der Waals surface area contributed by atoms with Crippen molar-refractivity contribution >= 4 is 23.8 Å². The average Bonchev–Trinajstić information content (AvgIpc) is 2.59. The Morgan fingerprint density at radius 3 is 2.74 bits per heavy atom. The van der Waals surface area contributed by atoms with E-state index in [0.717, 1.165) is 17.9 Å². The van der Waals surface area contributed by atoms with Gasteiger partial charge in [-0.2, -0.15) is 0 Å². The van der Waals surface area contributed by atoms with Gasteiger partial charge in [0, 0.05) is 30.1 Å². The van der Waals surface area contributed by atoms with Crippen molar-refractivity contribution in [1.29, 1.82) is 0 Å². The van der Waals surface area contributed by atoms with E-state index in [1.54, 1.807) is 11.8 Å². The molecule has 0 radical (unpaired) electrons. The molecule has 122 valence electrons. The number of hydrogen-bond acceptors (Lipinski definition) is 4. The maximum Gasteiger partial charge on any atom is 0.213 e. The highest BCUT2D eigenvalue weighted by molar-refractivity contribution is 7.98. The van der Waals surface area contributed by atoms with Gasteiger partial charge in [-0.25, -0.2) is 9.98 Å². The van der Waals surface area contributed by atoms with Crippen LogP contribution in [0.2, 0.25) is 0 Å². The van der Waals surface area contributed by atoms with Crippen LogP contribution >= 0.6 is 11.8 Å². The Kier molecular flexibility index (Phi) is 6.47. The van der Waals surface area contributed by atoms with Crippen LogP contribution in [0, 0.1) is 6.92 Å². The third-order valence-corrected chi connectivity index (χ3v) is 4.33. The second kappa shape index (κ2) is 8.58. The minimum absolute atomic E-state index is 0.518. The van der Waals surface area contributed by atoms with Crippen LogP contribution in [-0.4, -0.2) is 36.1 Å². The highest BCUT2D eigenvalue weighted by Gasteiger charge is 2.05. The van der Waals surface area contributed by atoms with Gasteiger partial charge < -0.3 is 9.64 Å². The third-order valence-electron chi connectivity index (χ3n) is 3.49. The molecular weight excluding hydrogens is 306 g/mol. The van der Waals surface area contributed by atoms with E-state index in [4.69, 9.17) is 4.74 Å². The SMILES string of the molecule is CCN(C)C=Nc1ccc(OCc2ccccc2SC)nc1C. The molecule has 0 amide bonds. The lowest BCUT2D eigenvalue weighted by Gasteiger charge is -2.11. The zero-order chi connectivity index (χ0) is 16.7. The first-order valence-electron chi connectivity index (χ1n) is 7.60. The largest absolute Gasteiger partial charge is 0.473 e. The summed E-state index contributed by atoms with van der Waals surface area (Å²) in [4.78, 5) is 12.2. The second-order valence-electron chi connectivity index (χ2n) is 5.17. The average molecular weight is 329 g/mol. The fourth-order valence-electron chi connectivity index (χ4n) is 1.96. The molecule has 2 rings (SSSR count). The monoisotopic (exact) mass is 329 g/mol. The summed E-state index contributed by atoms with van der Waals surface area (Å²) in [5.41, 5.74) is 2.90. The summed E-state index contributed by atoms with van der Waals surface area (Å²) in [6, 6.07) is 12.1. The lowest BCUT2D eigenvalue weighted by molar-refractivity contribution is 0.291. The summed E-state index contributed by atoms with van der Waals surface area (Å²) < 4.78 is 5.83. The van der Waals surface area contributed by atoms with Crippen LogP contribution < -0.4 is 4.74 Å².